The fourth-order valence-electron chi connectivity index (χ4n) is 1.66. The Balaban J connectivity index is 2.08. The van der Waals surface area contributed by atoms with Gasteiger partial charge in [0.2, 0.25) is 0 Å². The van der Waals surface area contributed by atoms with Crippen molar-refractivity contribution in [3.63, 3.8) is 0 Å². The second kappa shape index (κ2) is 4.87. The molecule has 0 bridgehead atoms. The molecule has 2 N–H and O–H groups in total. The Morgan fingerprint density at radius 1 is 1.50 bits per heavy atom. The summed E-state index contributed by atoms with van der Waals surface area (Å²) in [5.41, 5.74) is 1.98. The van der Waals surface area contributed by atoms with Crippen LogP contribution in [-0.2, 0) is 13.6 Å². The van der Waals surface area contributed by atoms with Gasteiger partial charge >= 0.3 is 5.97 Å². The maximum atomic E-state index is 10.8. The van der Waals surface area contributed by atoms with Gasteiger partial charge in [-0.25, -0.2) is 9.78 Å². The zero-order valence-corrected chi connectivity index (χ0v) is 10.2. The number of pyridine rings is 1. The lowest BCUT2D eigenvalue weighted by atomic mass is 10.3. The highest BCUT2D eigenvalue weighted by Gasteiger charge is 2.06. The minimum Gasteiger partial charge on any atom is -0.477 e. The minimum atomic E-state index is -1.03. The Labute approximate surface area is 104 Å². The molecule has 94 valence electrons. The summed E-state index contributed by atoms with van der Waals surface area (Å²) in [7, 11) is 1.87. The van der Waals surface area contributed by atoms with Crippen molar-refractivity contribution >= 4 is 11.8 Å². The Kier molecular flexibility index (Phi) is 3.27. The van der Waals surface area contributed by atoms with E-state index in [1.165, 1.54) is 6.07 Å². The van der Waals surface area contributed by atoms with E-state index >= 15 is 0 Å². The predicted molar refractivity (Wildman–Crippen MR) is 66.5 cm³/mol. The highest BCUT2D eigenvalue weighted by atomic mass is 16.4. The van der Waals surface area contributed by atoms with Crippen LogP contribution >= 0.6 is 0 Å². The summed E-state index contributed by atoms with van der Waals surface area (Å²) in [5.74, 6) is -0.496. The van der Waals surface area contributed by atoms with Crippen molar-refractivity contribution in [1.82, 2.24) is 14.8 Å². The van der Waals surface area contributed by atoms with Crippen LogP contribution in [0.2, 0.25) is 0 Å². The van der Waals surface area contributed by atoms with Gasteiger partial charge in [-0.1, -0.05) is 6.07 Å². The summed E-state index contributed by atoms with van der Waals surface area (Å²) in [6.45, 7) is 2.47. The van der Waals surface area contributed by atoms with Crippen LogP contribution < -0.4 is 5.32 Å². The fourth-order valence-corrected chi connectivity index (χ4v) is 1.66. The summed E-state index contributed by atoms with van der Waals surface area (Å²) in [6.07, 6.45) is 0. The van der Waals surface area contributed by atoms with Crippen LogP contribution in [-0.4, -0.2) is 25.8 Å². The van der Waals surface area contributed by atoms with Gasteiger partial charge in [-0.3, -0.25) is 4.68 Å². The quantitative estimate of drug-likeness (QED) is 0.853. The lowest BCUT2D eigenvalue weighted by Crippen LogP contribution is -2.08. The van der Waals surface area contributed by atoms with Gasteiger partial charge in [-0.15, -0.1) is 0 Å². The predicted octanol–water partition coefficient (Wildman–Crippen LogP) is 1.43. The molecule has 18 heavy (non-hydrogen) atoms. The van der Waals surface area contributed by atoms with E-state index in [9.17, 15) is 4.79 Å². The topological polar surface area (TPSA) is 80.0 Å². The number of aryl methyl sites for hydroxylation is 2. The summed E-state index contributed by atoms with van der Waals surface area (Å²) < 4.78 is 1.78. The summed E-state index contributed by atoms with van der Waals surface area (Å²) >= 11 is 0. The molecule has 0 aliphatic rings. The second-order valence-electron chi connectivity index (χ2n) is 3.97. The number of hydrogen-bond acceptors (Lipinski definition) is 4. The van der Waals surface area contributed by atoms with E-state index in [1.807, 2.05) is 20.0 Å². The molecule has 0 unspecified atom stereocenters. The van der Waals surface area contributed by atoms with Gasteiger partial charge < -0.3 is 10.4 Å². The number of aromatic nitrogens is 3. The van der Waals surface area contributed by atoms with E-state index in [-0.39, 0.29) is 5.69 Å². The van der Waals surface area contributed by atoms with Crippen LogP contribution in [0.15, 0.2) is 24.3 Å². The number of carboxylic acids is 1. The molecule has 2 aromatic heterocycles. The average Bonchev–Trinajstić information content (AvgIpc) is 2.65. The molecule has 0 saturated heterocycles. The number of nitrogens with one attached hydrogen (secondary N) is 1. The molecule has 2 heterocycles. The van der Waals surface area contributed by atoms with Crippen molar-refractivity contribution in [2.24, 2.45) is 7.05 Å². The summed E-state index contributed by atoms with van der Waals surface area (Å²) in [6, 6.07) is 6.82. The Morgan fingerprint density at radius 2 is 2.28 bits per heavy atom. The first-order chi connectivity index (χ1) is 8.56. The first-order valence-corrected chi connectivity index (χ1v) is 5.50. The van der Waals surface area contributed by atoms with Gasteiger partial charge in [0, 0.05) is 7.05 Å². The van der Waals surface area contributed by atoms with Crippen LogP contribution in [0.3, 0.4) is 0 Å². The van der Waals surface area contributed by atoms with Crippen molar-refractivity contribution in [2.75, 3.05) is 5.32 Å². The number of rotatable bonds is 4. The fraction of sp³-hybridized carbons (Fsp3) is 0.250. The normalized spacial score (nSPS) is 10.3. The van der Waals surface area contributed by atoms with Crippen molar-refractivity contribution in [3.05, 3.63) is 41.3 Å². The number of nitrogens with zero attached hydrogens (tertiary/aromatic N) is 3. The Bertz CT molecular complexity index is 577. The number of hydrogen-bond donors (Lipinski definition) is 2. The molecule has 2 aromatic rings. The molecular formula is C12H14N4O2. The number of carbonyl (C=O) groups is 1. The maximum Gasteiger partial charge on any atom is 0.354 e. The highest BCUT2D eigenvalue weighted by molar-refractivity contribution is 5.85. The lowest BCUT2D eigenvalue weighted by molar-refractivity contribution is 0.0690. The van der Waals surface area contributed by atoms with E-state index in [1.54, 1.807) is 16.8 Å². The maximum absolute atomic E-state index is 10.8. The van der Waals surface area contributed by atoms with Crippen molar-refractivity contribution in [1.29, 1.82) is 0 Å². The molecule has 6 nitrogen and oxygen atoms in total. The van der Waals surface area contributed by atoms with Crippen LogP contribution in [0, 0.1) is 6.92 Å². The molecule has 0 aliphatic heterocycles. The van der Waals surface area contributed by atoms with Crippen LogP contribution in [0.5, 0.6) is 0 Å². The van der Waals surface area contributed by atoms with Gasteiger partial charge in [-0.2, -0.15) is 5.10 Å². The van der Waals surface area contributed by atoms with Crippen LogP contribution in [0.4, 0.5) is 5.82 Å². The van der Waals surface area contributed by atoms with Crippen molar-refractivity contribution in [2.45, 2.75) is 13.5 Å². The van der Waals surface area contributed by atoms with E-state index in [4.69, 9.17) is 5.11 Å². The summed E-state index contributed by atoms with van der Waals surface area (Å²) in [5, 5.41) is 16.1. The van der Waals surface area contributed by atoms with E-state index < -0.39 is 5.97 Å². The SMILES string of the molecule is Cc1cc(CNc2cccc(C(=O)O)n2)n(C)n1. The third-order valence-electron chi connectivity index (χ3n) is 2.52. The average molecular weight is 246 g/mol. The van der Waals surface area contributed by atoms with Gasteiger partial charge in [0.1, 0.15) is 5.82 Å². The van der Waals surface area contributed by atoms with Gasteiger partial charge in [0.15, 0.2) is 5.69 Å². The smallest absolute Gasteiger partial charge is 0.354 e. The monoisotopic (exact) mass is 246 g/mol. The van der Waals surface area contributed by atoms with Gasteiger partial charge in [0.05, 0.1) is 17.9 Å². The number of anilines is 1. The van der Waals surface area contributed by atoms with Gasteiger partial charge in [0.25, 0.3) is 0 Å². The third kappa shape index (κ3) is 2.65. The second-order valence-corrected chi connectivity index (χ2v) is 3.97. The molecule has 0 aromatic carbocycles. The van der Waals surface area contributed by atoms with E-state index in [2.05, 4.69) is 15.4 Å². The largest absolute Gasteiger partial charge is 0.477 e. The van der Waals surface area contributed by atoms with Gasteiger partial charge in [-0.05, 0) is 25.1 Å². The third-order valence-corrected chi connectivity index (χ3v) is 2.52. The van der Waals surface area contributed by atoms with E-state index in [0.717, 1.165) is 11.4 Å². The zero-order chi connectivity index (χ0) is 13.1. The first-order valence-electron chi connectivity index (χ1n) is 5.50. The Morgan fingerprint density at radius 3 is 2.89 bits per heavy atom. The van der Waals surface area contributed by atoms with Crippen LogP contribution in [0.1, 0.15) is 21.9 Å². The van der Waals surface area contributed by atoms with Crippen molar-refractivity contribution in [3.8, 4) is 0 Å². The number of carboxylic acid groups (broad SMARTS) is 1. The highest BCUT2D eigenvalue weighted by Crippen LogP contribution is 2.08. The van der Waals surface area contributed by atoms with Crippen LogP contribution in [0.25, 0.3) is 0 Å². The molecular weight excluding hydrogens is 232 g/mol. The molecule has 0 radical (unpaired) electrons. The molecule has 2 rings (SSSR count). The standard InChI is InChI=1S/C12H14N4O2/c1-8-6-9(16(2)15-8)7-13-11-5-3-4-10(14-11)12(17)18/h3-6H,7H2,1-2H3,(H,13,14)(H,17,18). The molecule has 0 amide bonds. The number of aromatic carboxylic acids is 1. The molecule has 6 heteroatoms. The lowest BCUT2D eigenvalue weighted by Gasteiger charge is -2.06. The molecule has 0 fully saturated rings. The molecule has 0 atom stereocenters. The Hall–Kier alpha value is -2.37. The molecule has 0 spiro atoms. The molecule has 0 saturated carbocycles. The molecule has 0 aliphatic carbocycles. The first kappa shape index (κ1) is 12.1. The summed E-state index contributed by atoms with van der Waals surface area (Å²) in [4.78, 5) is 14.8. The van der Waals surface area contributed by atoms with Crippen molar-refractivity contribution < 1.29 is 9.90 Å². The van der Waals surface area contributed by atoms with E-state index in [0.29, 0.717) is 12.4 Å². The minimum absolute atomic E-state index is 0.0289. The zero-order valence-electron chi connectivity index (χ0n) is 10.2.